The predicted molar refractivity (Wildman–Crippen MR) is 43.6 cm³/mol. The highest BCUT2D eigenvalue weighted by atomic mass is 35.5. The minimum Gasteiger partial charge on any atom is -0.397 e. The predicted octanol–water partition coefficient (Wildman–Crippen LogP) is 2.95. The second-order valence-corrected chi connectivity index (χ2v) is 2.73. The topological polar surface area (TPSA) is 52.4 Å². The molecule has 0 heterocycles. The number of halogens is 4. The molecule has 1 radical (unpaired) electrons. The van der Waals surface area contributed by atoms with Crippen molar-refractivity contribution in [3.05, 3.63) is 33.3 Å². The third-order valence-corrected chi connectivity index (χ3v) is 1.57. The highest BCUT2D eigenvalue weighted by Gasteiger charge is 2.35. The normalized spacial score (nSPS) is 11.2. The molecule has 15 heavy (non-hydrogen) atoms. The third-order valence-electron chi connectivity index (χ3n) is 1.29. The molecule has 0 saturated carbocycles. The van der Waals surface area contributed by atoms with Gasteiger partial charge in [0.1, 0.15) is 0 Å². The zero-order valence-electron chi connectivity index (χ0n) is 6.84. The Labute approximate surface area is 86.4 Å². The van der Waals surface area contributed by atoms with Crippen LogP contribution in [-0.2, 0) is 0 Å². The fraction of sp³-hybridized carbons (Fsp3) is 0.143. The number of alkyl halides is 3. The van der Waals surface area contributed by atoms with Gasteiger partial charge < -0.3 is 4.74 Å². The number of rotatable bonds is 2. The lowest BCUT2D eigenvalue weighted by Gasteiger charge is -2.09. The Balaban J connectivity index is 3.19. The van der Waals surface area contributed by atoms with E-state index < -0.39 is 27.7 Å². The lowest BCUT2D eigenvalue weighted by molar-refractivity contribution is -0.388. The summed E-state index contributed by atoms with van der Waals surface area (Å²) in [5.41, 5.74) is -0.889. The van der Waals surface area contributed by atoms with Crippen LogP contribution in [0.2, 0.25) is 5.02 Å². The third kappa shape index (κ3) is 2.98. The summed E-state index contributed by atoms with van der Waals surface area (Å²) in [6, 6.07) is 3.90. The molecule has 4 nitrogen and oxygen atoms in total. The smallest absolute Gasteiger partial charge is 0.397 e. The van der Waals surface area contributed by atoms with Crippen LogP contribution in [0.1, 0.15) is 0 Å². The number of ether oxygens (including phenoxy) is 1. The molecular weight excluding hydrogens is 239 g/mol. The van der Waals surface area contributed by atoms with E-state index in [0.717, 1.165) is 12.1 Å². The van der Waals surface area contributed by atoms with Crippen LogP contribution in [0, 0.1) is 16.2 Å². The van der Waals surface area contributed by atoms with Gasteiger partial charge in [-0.25, -0.2) is 0 Å². The van der Waals surface area contributed by atoms with Crippen molar-refractivity contribution in [2.75, 3.05) is 0 Å². The molecule has 0 aromatic heterocycles. The van der Waals surface area contributed by atoms with E-state index in [1.54, 1.807) is 0 Å². The monoisotopic (exact) mass is 240 g/mol. The lowest BCUT2D eigenvalue weighted by Crippen LogP contribution is -2.18. The second kappa shape index (κ2) is 3.93. The Bertz CT molecular complexity index is 394. The summed E-state index contributed by atoms with van der Waals surface area (Å²) in [6.45, 7) is 0. The highest BCUT2D eigenvalue weighted by Crippen LogP contribution is 2.37. The van der Waals surface area contributed by atoms with Crippen molar-refractivity contribution in [3.8, 4) is 5.75 Å². The van der Waals surface area contributed by atoms with Gasteiger partial charge in [-0.1, -0.05) is 11.6 Å². The SMILES string of the molecule is O=[N+]([O-])c1c[c]cc(Cl)c1OC(F)(F)F. The second-order valence-electron chi connectivity index (χ2n) is 2.32. The number of benzene rings is 1. The molecule has 0 amide bonds. The van der Waals surface area contributed by atoms with Crippen molar-refractivity contribution in [1.29, 1.82) is 0 Å². The fourth-order valence-electron chi connectivity index (χ4n) is 0.800. The standard InChI is InChI=1S/C7H2ClF3NO3/c8-4-2-1-3-5(12(13)14)6(4)15-7(9,10)11/h2-3H. The van der Waals surface area contributed by atoms with Gasteiger partial charge in [-0.3, -0.25) is 10.1 Å². The van der Waals surface area contributed by atoms with Gasteiger partial charge in [0.05, 0.1) is 9.95 Å². The van der Waals surface area contributed by atoms with E-state index in [9.17, 15) is 23.3 Å². The Morgan fingerprint density at radius 1 is 1.47 bits per heavy atom. The first-order valence-corrected chi connectivity index (χ1v) is 3.79. The maximum atomic E-state index is 11.9. The molecular formula is C7H2ClF3NO3. The van der Waals surface area contributed by atoms with Gasteiger partial charge in [-0.2, -0.15) is 0 Å². The number of nitrogens with zero attached hydrogens (tertiary/aromatic N) is 1. The van der Waals surface area contributed by atoms with Gasteiger partial charge in [0, 0.05) is 6.07 Å². The summed E-state index contributed by atoms with van der Waals surface area (Å²) >= 11 is 5.32. The van der Waals surface area contributed by atoms with Crippen LogP contribution in [-0.4, -0.2) is 11.3 Å². The first-order valence-electron chi connectivity index (χ1n) is 3.41. The zero-order chi connectivity index (χ0) is 11.6. The molecule has 0 bridgehead atoms. The van der Waals surface area contributed by atoms with Crippen LogP contribution >= 0.6 is 11.6 Å². The van der Waals surface area contributed by atoms with Gasteiger partial charge in [-0.05, 0) is 12.1 Å². The van der Waals surface area contributed by atoms with Crippen LogP contribution in [0.4, 0.5) is 18.9 Å². The van der Waals surface area contributed by atoms with E-state index in [-0.39, 0.29) is 0 Å². The molecule has 0 aliphatic heterocycles. The van der Waals surface area contributed by atoms with Crippen molar-refractivity contribution < 1.29 is 22.8 Å². The van der Waals surface area contributed by atoms with E-state index in [1.807, 2.05) is 0 Å². The molecule has 8 heteroatoms. The maximum absolute atomic E-state index is 11.9. The molecule has 0 atom stereocenters. The Morgan fingerprint density at radius 2 is 2.07 bits per heavy atom. The van der Waals surface area contributed by atoms with Crippen molar-refractivity contribution in [2.24, 2.45) is 0 Å². The molecule has 0 spiro atoms. The van der Waals surface area contributed by atoms with E-state index in [0.29, 0.717) is 0 Å². The molecule has 1 rings (SSSR count). The number of hydrogen-bond donors (Lipinski definition) is 0. The van der Waals surface area contributed by atoms with Crippen molar-refractivity contribution in [2.45, 2.75) is 6.36 Å². The van der Waals surface area contributed by atoms with E-state index in [2.05, 4.69) is 10.8 Å². The summed E-state index contributed by atoms with van der Waals surface area (Å²) in [7, 11) is 0. The molecule has 0 saturated heterocycles. The number of nitro benzene ring substituents is 1. The van der Waals surface area contributed by atoms with E-state index in [4.69, 9.17) is 11.6 Å². The highest BCUT2D eigenvalue weighted by molar-refractivity contribution is 6.32. The van der Waals surface area contributed by atoms with Gasteiger partial charge in [-0.15, -0.1) is 13.2 Å². The van der Waals surface area contributed by atoms with Gasteiger partial charge in [0.25, 0.3) is 0 Å². The number of nitro groups is 1. The molecule has 0 N–H and O–H groups in total. The van der Waals surface area contributed by atoms with Crippen molar-refractivity contribution in [1.82, 2.24) is 0 Å². The van der Waals surface area contributed by atoms with E-state index >= 15 is 0 Å². The summed E-state index contributed by atoms with van der Waals surface area (Å²) in [5.74, 6) is -1.03. The Hall–Kier alpha value is -1.50. The zero-order valence-corrected chi connectivity index (χ0v) is 7.59. The summed E-state index contributed by atoms with van der Waals surface area (Å²) < 4.78 is 39.0. The van der Waals surface area contributed by atoms with Crippen LogP contribution < -0.4 is 4.74 Å². The Morgan fingerprint density at radius 3 is 2.53 bits per heavy atom. The molecule has 0 aliphatic carbocycles. The van der Waals surface area contributed by atoms with Crippen molar-refractivity contribution in [3.63, 3.8) is 0 Å². The number of hydrogen-bond acceptors (Lipinski definition) is 3. The molecule has 0 unspecified atom stereocenters. The van der Waals surface area contributed by atoms with E-state index in [1.165, 1.54) is 0 Å². The summed E-state index contributed by atoms with van der Waals surface area (Å²) in [5, 5.41) is 9.81. The average molecular weight is 241 g/mol. The quantitative estimate of drug-likeness (QED) is 0.590. The molecule has 1 aromatic carbocycles. The first kappa shape index (κ1) is 11.6. The lowest BCUT2D eigenvalue weighted by atomic mass is 10.3. The molecule has 1 aromatic rings. The minimum absolute atomic E-state index is 0.526. The largest absolute Gasteiger partial charge is 0.573 e. The fourth-order valence-corrected chi connectivity index (χ4v) is 0.998. The molecule has 81 valence electrons. The first-order chi connectivity index (χ1) is 6.81. The molecule has 0 aliphatic rings. The average Bonchev–Trinajstić information content (AvgIpc) is 2.05. The van der Waals surface area contributed by atoms with Gasteiger partial charge >= 0.3 is 12.0 Å². The van der Waals surface area contributed by atoms with Crippen LogP contribution in [0.3, 0.4) is 0 Å². The minimum atomic E-state index is -5.03. The van der Waals surface area contributed by atoms with Crippen LogP contribution in [0.15, 0.2) is 12.1 Å². The van der Waals surface area contributed by atoms with Crippen LogP contribution in [0.25, 0.3) is 0 Å². The molecule has 0 fully saturated rings. The van der Waals surface area contributed by atoms with Crippen molar-refractivity contribution >= 4 is 17.3 Å². The maximum Gasteiger partial charge on any atom is 0.573 e. The van der Waals surface area contributed by atoms with Gasteiger partial charge in [0.15, 0.2) is 0 Å². The summed E-state index contributed by atoms with van der Waals surface area (Å²) in [4.78, 5) is 9.30. The van der Waals surface area contributed by atoms with Gasteiger partial charge in [0.2, 0.25) is 5.75 Å². The van der Waals surface area contributed by atoms with Crippen LogP contribution in [0.5, 0.6) is 5.75 Å². The Kier molecular flexibility index (Phi) is 3.04. The summed E-state index contributed by atoms with van der Waals surface area (Å²) in [6.07, 6.45) is -5.03.